The minimum Gasteiger partial charge on any atom is -0.314 e. The highest BCUT2D eigenvalue weighted by Crippen LogP contribution is 2.27. The van der Waals surface area contributed by atoms with E-state index in [0.29, 0.717) is 0 Å². The molecule has 0 unspecified atom stereocenters. The van der Waals surface area contributed by atoms with Crippen molar-refractivity contribution in [3.05, 3.63) is 69.3 Å². The van der Waals surface area contributed by atoms with Gasteiger partial charge in [-0.15, -0.1) is 0 Å². The van der Waals surface area contributed by atoms with Crippen LogP contribution in [0.15, 0.2) is 36.4 Å². The quantitative estimate of drug-likeness (QED) is 0.695. The summed E-state index contributed by atoms with van der Waals surface area (Å²) in [5.41, 5.74) is -0.756. The van der Waals surface area contributed by atoms with E-state index in [2.05, 4.69) is 5.32 Å². The van der Waals surface area contributed by atoms with E-state index < -0.39 is 33.8 Å². The number of rotatable bonds is 3. The van der Waals surface area contributed by atoms with Crippen LogP contribution in [-0.2, 0) is 0 Å². The highest BCUT2D eigenvalue weighted by atomic mass is 19.1. The maximum atomic E-state index is 13.7. The second kappa shape index (κ2) is 5.66. The fourth-order valence-electron chi connectivity index (χ4n) is 1.76. The minimum absolute atomic E-state index is 0.0754. The lowest BCUT2D eigenvalue weighted by Crippen LogP contribution is -2.14. The number of aryl methyl sites for hydroxylation is 1. The van der Waals surface area contributed by atoms with E-state index in [0.717, 1.165) is 18.2 Å². The van der Waals surface area contributed by atoms with Crippen molar-refractivity contribution in [2.75, 3.05) is 5.32 Å². The smallest absolute Gasteiger partial charge is 0.295 e. The Hall–Kier alpha value is -2.83. The van der Waals surface area contributed by atoms with Gasteiger partial charge in [-0.25, -0.2) is 8.78 Å². The Bertz CT molecular complexity index is 732. The van der Waals surface area contributed by atoms with Crippen LogP contribution < -0.4 is 5.32 Å². The van der Waals surface area contributed by atoms with Gasteiger partial charge in [0.05, 0.1) is 4.92 Å². The highest BCUT2D eigenvalue weighted by molar-refractivity contribution is 6.05. The third-order valence-corrected chi connectivity index (χ3v) is 2.85. The molecule has 0 bridgehead atoms. The number of carbonyl (C=O) groups is 1. The molecule has 1 amide bonds. The molecular weight excluding hydrogens is 282 g/mol. The molecule has 0 saturated carbocycles. The molecule has 0 aromatic heterocycles. The Morgan fingerprint density at radius 3 is 2.52 bits per heavy atom. The fourth-order valence-corrected chi connectivity index (χ4v) is 1.76. The minimum atomic E-state index is -0.920. The van der Waals surface area contributed by atoms with E-state index in [9.17, 15) is 23.7 Å². The molecule has 2 rings (SSSR count). The number of halogens is 2. The van der Waals surface area contributed by atoms with Gasteiger partial charge in [-0.1, -0.05) is 6.07 Å². The van der Waals surface area contributed by atoms with Gasteiger partial charge >= 0.3 is 0 Å². The highest BCUT2D eigenvalue weighted by Gasteiger charge is 2.20. The zero-order valence-electron chi connectivity index (χ0n) is 10.9. The summed E-state index contributed by atoms with van der Waals surface area (Å²) in [7, 11) is 0. The molecule has 0 aliphatic heterocycles. The van der Waals surface area contributed by atoms with Gasteiger partial charge < -0.3 is 5.32 Å². The largest absolute Gasteiger partial charge is 0.314 e. The lowest BCUT2D eigenvalue weighted by molar-refractivity contribution is -0.384. The number of nitrogens with zero attached hydrogens (tertiary/aromatic N) is 1. The molecule has 2 aromatic rings. The number of carbonyl (C=O) groups excluding carboxylic acids is 1. The van der Waals surface area contributed by atoms with Crippen molar-refractivity contribution in [2.24, 2.45) is 0 Å². The Balaban J connectivity index is 2.36. The van der Waals surface area contributed by atoms with Gasteiger partial charge in [0.15, 0.2) is 11.5 Å². The van der Waals surface area contributed by atoms with Gasteiger partial charge in [-0.3, -0.25) is 14.9 Å². The Morgan fingerprint density at radius 1 is 1.19 bits per heavy atom. The van der Waals surface area contributed by atoms with Crippen LogP contribution in [0.1, 0.15) is 15.9 Å². The Morgan fingerprint density at radius 2 is 1.90 bits per heavy atom. The number of hydrogen-bond donors (Lipinski definition) is 1. The van der Waals surface area contributed by atoms with Crippen molar-refractivity contribution >= 4 is 17.3 Å². The van der Waals surface area contributed by atoms with Crippen LogP contribution in [0.25, 0.3) is 0 Å². The van der Waals surface area contributed by atoms with Gasteiger partial charge in [-0.05, 0) is 36.8 Å². The number of para-hydroxylation sites is 1. The van der Waals surface area contributed by atoms with Crippen molar-refractivity contribution in [1.29, 1.82) is 0 Å². The number of nitro groups is 1. The lowest BCUT2D eigenvalue weighted by atomic mass is 10.1. The summed E-state index contributed by atoms with van der Waals surface area (Å²) in [5.74, 6) is -2.16. The molecule has 0 heterocycles. The number of hydrogen-bond acceptors (Lipinski definition) is 3. The molecule has 0 aliphatic carbocycles. The Kier molecular flexibility index (Phi) is 3.93. The maximum Gasteiger partial charge on any atom is 0.295 e. The summed E-state index contributed by atoms with van der Waals surface area (Å²) >= 11 is 0. The first-order valence-electron chi connectivity index (χ1n) is 5.90. The van der Waals surface area contributed by atoms with E-state index in [4.69, 9.17) is 0 Å². The lowest BCUT2D eigenvalue weighted by Gasteiger charge is -2.08. The van der Waals surface area contributed by atoms with Crippen LogP contribution in [0.5, 0.6) is 0 Å². The second-order valence-corrected chi connectivity index (χ2v) is 4.31. The van der Waals surface area contributed by atoms with Crippen LogP contribution >= 0.6 is 0 Å². The molecule has 0 spiro atoms. The average Bonchev–Trinajstić information content (AvgIpc) is 2.43. The topological polar surface area (TPSA) is 72.2 Å². The van der Waals surface area contributed by atoms with Crippen molar-refractivity contribution < 1.29 is 18.5 Å². The van der Waals surface area contributed by atoms with Gasteiger partial charge in [0.25, 0.3) is 11.6 Å². The molecule has 0 radical (unpaired) electrons. The summed E-state index contributed by atoms with van der Waals surface area (Å²) in [6.07, 6.45) is 0. The van der Waals surface area contributed by atoms with Crippen LogP contribution in [0.2, 0.25) is 0 Å². The maximum absolute atomic E-state index is 13.7. The molecule has 2 aromatic carbocycles. The number of anilines is 1. The molecule has 0 aliphatic rings. The predicted octanol–water partition coefficient (Wildman–Crippen LogP) is 3.43. The van der Waals surface area contributed by atoms with Crippen LogP contribution in [-0.4, -0.2) is 10.8 Å². The summed E-state index contributed by atoms with van der Waals surface area (Å²) in [4.78, 5) is 22.0. The van der Waals surface area contributed by atoms with Crippen molar-refractivity contribution in [2.45, 2.75) is 6.92 Å². The first-order chi connectivity index (χ1) is 9.90. The molecule has 1 N–H and O–H groups in total. The van der Waals surface area contributed by atoms with E-state index >= 15 is 0 Å². The molecule has 0 saturated heterocycles. The second-order valence-electron chi connectivity index (χ2n) is 4.31. The summed E-state index contributed by atoms with van der Waals surface area (Å²) < 4.78 is 26.8. The van der Waals surface area contributed by atoms with Crippen molar-refractivity contribution in [3.63, 3.8) is 0 Å². The van der Waals surface area contributed by atoms with Gasteiger partial charge in [-0.2, -0.15) is 0 Å². The molecule has 5 nitrogen and oxygen atoms in total. The average molecular weight is 292 g/mol. The number of benzene rings is 2. The van der Waals surface area contributed by atoms with Gasteiger partial charge in [0.2, 0.25) is 0 Å². The molecule has 0 atom stereocenters. The monoisotopic (exact) mass is 292 g/mol. The summed E-state index contributed by atoms with van der Waals surface area (Å²) in [6.45, 7) is 1.47. The van der Waals surface area contributed by atoms with Gasteiger partial charge in [0, 0.05) is 11.6 Å². The van der Waals surface area contributed by atoms with Crippen LogP contribution in [0, 0.1) is 28.7 Å². The van der Waals surface area contributed by atoms with Crippen molar-refractivity contribution in [3.8, 4) is 0 Å². The van der Waals surface area contributed by atoms with E-state index in [1.807, 2.05) is 0 Å². The van der Waals surface area contributed by atoms with E-state index in [1.54, 1.807) is 0 Å². The number of nitrogens with one attached hydrogen (secondary N) is 1. The Labute approximate surface area is 118 Å². The van der Waals surface area contributed by atoms with Gasteiger partial charge in [0.1, 0.15) is 5.82 Å². The molecular formula is C14H10F2N2O3. The zero-order valence-corrected chi connectivity index (χ0v) is 10.9. The van der Waals surface area contributed by atoms with E-state index in [-0.39, 0.29) is 11.1 Å². The SMILES string of the molecule is Cc1cc(C(=O)Nc2c(F)cccc2[N+](=O)[O-])ccc1F. The zero-order chi connectivity index (χ0) is 15.6. The molecule has 21 heavy (non-hydrogen) atoms. The first kappa shape index (κ1) is 14.6. The fraction of sp³-hybridized carbons (Fsp3) is 0.0714. The molecule has 7 heteroatoms. The number of nitro benzene ring substituents is 1. The third kappa shape index (κ3) is 3.02. The number of amides is 1. The third-order valence-electron chi connectivity index (χ3n) is 2.85. The normalized spacial score (nSPS) is 10.2. The molecule has 0 fully saturated rings. The van der Waals surface area contributed by atoms with Crippen LogP contribution in [0.3, 0.4) is 0 Å². The van der Waals surface area contributed by atoms with Crippen molar-refractivity contribution in [1.82, 2.24) is 0 Å². The standard InChI is InChI=1S/C14H10F2N2O3/c1-8-7-9(5-6-10(8)15)14(19)17-13-11(16)3-2-4-12(13)18(20)21/h2-7H,1H3,(H,17,19). The summed E-state index contributed by atoms with van der Waals surface area (Å²) in [5, 5.41) is 13.0. The van der Waals surface area contributed by atoms with E-state index in [1.165, 1.54) is 25.1 Å². The predicted molar refractivity (Wildman–Crippen MR) is 72.1 cm³/mol. The van der Waals surface area contributed by atoms with Crippen LogP contribution in [0.4, 0.5) is 20.2 Å². The summed E-state index contributed by atoms with van der Waals surface area (Å²) in [6, 6.07) is 6.83. The molecule has 108 valence electrons. The first-order valence-corrected chi connectivity index (χ1v) is 5.90.